The summed E-state index contributed by atoms with van der Waals surface area (Å²) in [6.07, 6.45) is 1.27. The Hall–Kier alpha value is -1.61. The van der Waals surface area contributed by atoms with Gasteiger partial charge in [-0.1, -0.05) is 29.8 Å². The van der Waals surface area contributed by atoms with E-state index >= 15 is 0 Å². The molecule has 2 aromatic carbocycles. The maximum Gasteiger partial charge on any atom is 0.283 e. The first-order valence-electron chi connectivity index (χ1n) is 6.80. The Kier molecular flexibility index (Phi) is 5.33. The second-order valence-corrected chi connectivity index (χ2v) is 7.98. The molecule has 9 heteroatoms. The van der Waals surface area contributed by atoms with Crippen molar-refractivity contribution in [2.75, 3.05) is 0 Å². The van der Waals surface area contributed by atoms with Crippen LogP contribution in [0.15, 0.2) is 44.4 Å². The van der Waals surface area contributed by atoms with Gasteiger partial charge in [0.25, 0.3) is 5.91 Å². The highest BCUT2D eigenvalue weighted by Crippen LogP contribution is 2.40. The Morgan fingerprint density at radius 3 is 2.68 bits per heavy atom. The molecule has 0 aliphatic carbocycles. The van der Waals surface area contributed by atoms with Crippen molar-refractivity contribution in [3.63, 3.8) is 0 Å². The van der Waals surface area contributed by atoms with Gasteiger partial charge in [0.15, 0.2) is 0 Å². The van der Waals surface area contributed by atoms with Crippen molar-refractivity contribution in [3.05, 3.63) is 54.7 Å². The molecule has 3 N–H and O–H groups in total. The number of nitrogens with zero attached hydrogens (tertiary/aromatic N) is 1. The Morgan fingerprint density at radius 2 is 1.96 bits per heavy atom. The van der Waals surface area contributed by atoms with Crippen LogP contribution in [0.1, 0.15) is 15.2 Å². The van der Waals surface area contributed by atoms with Crippen LogP contribution in [0.5, 0.6) is 11.5 Å². The van der Waals surface area contributed by atoms with Gasteiger partial charge in [0, 0.05) is 15.6 Å². The van der Waals surface area contributed by atoms with Gasteiger partial charge in [0.2, 0.25) is 0 Å². The molecule has 128 valence electrons. The topological polar surface area (TPSA) is 81.9 Å². The molecule has 0 spiro atoms. The van der Waals surface area contributed by atoms with E-state index in [0.29, 0.717) is 19.9 Å². The molecular weight excluding hydrogens is 496 g/mol. The molecule has 1 heterocycles. The van der Waals surface area contributed by atoms with E-state index in [9.17, 15) is 15.0 Å². The molecule has 1 amide bonds. The number of fused-ring (bicyclic) bond motifs is 1. The van der Waals surface area contributed by atoms with Crippen molar-refractivity contribution in [2.24, 2.45) is 5.10 Å². The number of phenols is 2. The highest BCUT2D eigenvalue weighted by molar-refractivity contribution is 9.11. The third kappa shape index (κ3) is 3.52. The van der Waals surface area contributed by atoms with Crippen LogP contribution in [-0.2, 0) is 0 Å². The predicted octanol–water partition coefficient (Wildman–Crippen LogP) is 5.25. The van der Waals surface area contributed by atoms with Gasteiger partial charge in [-0.05, 0) is 44.0 Å². The van der Waals surface area contributed by atoms with E-state index in [-0.39, 0.29) is 16.0 Å². The number of nitrogens with one attached hydrogen (secondary N) is 1. The zero-order chi connectivity index (χ0) is 18.1. The summed E-state index contributed by atoms with van der Waals surface area (Å²) in [5, 5.41) is 24.7. The Balaban J connectivity index is 1.82. The van der Waals surface area contributed by atoms with Crippen LogP contribution in [0.3, 0.4) is 0 Å². The van der Waals surface area contributed by atoms with Crippen LogP contribution >= 0.6 is 54.8 Å². The molecular formula is C16H9Br2ClN2O3S. The third-order valence-corrected chi connectivity index (χ3v) is 6.34. The minimum Gasteiger partial charge on any atom is -0.506 e. The molecule has 0 unspecified atom stereocenters. The number of hydrogen-bond acceptors (Lipinski definition) is 5. The maximum absolute atomic E-state index is 12.3. The number of aromatic hydroxyl groups is 2. The van der Waals surface area contributed by atoms with Gasteiger partial charge in [0.1, 0.15) is 20.8 Å². The lowest BCUT2D eigenvalue weighted by Crippen LogP contribution is -2.16. The summed E-state index contributed by atoms with van der Waals surface area (Å²) in [6, 6.07) is 8.92. The molecule has 0 saturated carbocycles. The fraction of sp³-hybridized carbons (Fsp3) is 0. The SMILES string of the molecule is O=C(N/N=C\c1cc(Br)c(O)c(Br)c1O)c1sc2ccccc2c1Cl. The number of carbonyl (C=O) groups is 1. The Labute approximate surface area is 168 Å². The van der Waals surface area contributed by atoms with E-state index in [1.54, 1.807) is 0 Å². The average molecular weight is 505 g/mol. The number of rotatable bonds is 3. The summed E-state index contributed by atoms with van der Waals surface area (Å²) in [6.45, 7) is 0. The summed E-state index contributed by atoms with van der Waals surface area (Å²) in [7, 11) is 0. The van der Waals surface area contributed by atoms with Crippen LogP contribution in [0.4, 0.5) is 0 Å². The van der Waals surface area contributed by atoms with Crippen molar-refractivity contribution < 1.29 is 15.0 Å². The first-order valence-corrected chi connectivity index (χ1v) is 9.58. The predicted molar refractivity (Wildman–Crippen MR) is 107 cm³/mol. The number of phenolic OH excluding ortho intramolecular Hbond substituents is 2. The fourth-order valence-corrected chi connectivity index (χ4v) is 4.65. The van der Waals surface area contributed by atoms with Gasteiger partial charge in [-0.3, -0.25) is 4.79 Å². The lowest BCUT2D eigenvalue weighted by molar-refractivity contribution is 0.0959. The molecule has 0 aliphatic rings. The molecule has 0 saturated heterocycles. The van der Waals surface area contributed by atoms with Crippen molar-refractivity contribution in [1.29, 1.82) is 0 Å². The van der Waals surface area contributed by atoms with Gasteiger partial charge >= 0.3 is 0 Å². The molecule has 3 aromatic rings. The van der Waals surface area contributed by atoms with Gasteiger partial charge in [0.05, 0.1) is 15.7 Å². The number of amides is 1. The number of hydrogen-bond donors (Lipinski definition) is 3. The fourth-order valence-electron chi connectivity index (χ4n) is 2.09. The van der Waals surface area contributed by atoms with Crippen LogP contribution in [0.25, 0.3) is 10.1 Å². The minimum absolute atomic E-state index is 0.127. The second kappa shape index (κ2) is 7.33. The number of hydrazone groups is 1. The molecule has 0 aliphatic heterocycles. The standard InChI is InChI=1S/C16H9Br2ClN2O3S/c17-9-5-7(13(22)11(18)14(9)23)6-20-21-16(24)15-12(19)8-3-1-2-4-10(8)25-15/h1-6,22-23H,(H,21,24)/b20-6-. The first kappa shape index (κ1) is 18.2. The monoisotopic (exact) mass is 502 g/mol. The van der Waals surface area contributed by atoms with Gasteiger partial charge in [-0.15, -0.1) is 11.3 Å². The quantitative estimate of drug-likeness (QED) is 0.336. The maximum atomic E-state index is 12.3. The summed E-state index contributed by atoms with van der Waals surface area (Å²) < 4.78 is 1.41. The van der Waals surface area contributed by atoms with Crippen LogP contribution in [-0.4, -0.2) is 22.3 Å². The summed E-state index contributed by atoms with van der Waals surface area (Å²) in [5.74, 6) is -0.770. The van der Waals surface area contributed by atoms with Crippen molar-refractivity contribution in [3.8, 4) is 11.5 Å². The zero-order valence-corrected chi connectivity index (χ0v) is 17.0. The molecule has 5 nitrogen and oxygen atoms in total. The van der Waals surface area contributed by atoms with Crippen molar-refractivity contribution >= 4 is 77.0 Å². The number of halogens is 3. The van der Waals surface area contributed by atoms with E-state index in [0.717, 1.165) is 10.1 Å². The molecule has 0 bridgehead atoms. The van der Waals surface area contributed by atoms with Crippen LogP contribution in [0.2, 0.25) is 5.02 Å². The molecule has 0 fully saturated rings. The van der Waals surface area contributed by atoms with E-state index < -0.39 is 5.91 Å². The molecule has 1 aromatic heterocycles. The highest BCUT2D eigenvalue weighted by atomic mass is 79.9. The number of carbonyl (C=O) groups excluding carboxylic acids is 1. The van der Waals surface area contributed by atoms with Crippen molar-refractivity contribution in [2.45, 2.75) is 0 Å². The Morgan fingerprint density at radius 1 is 1.24 bits per heavy atom. The van der Waals surface area contributed by atoms with E-state index in [1.807, 2.05) is 24.3 Å². The smallest absolute Gasteiger partial charge is 0.283 e. The second-order valence-electron chi connectivity index (χ2n) is 4.90. The van der Waals surface area contributed by atoms with Crippen LogP contribution in [0, 0.1) is 0 Å². The average Bonchev–Trinajstić information content (AvgIpc) is 2.94. The van der Waals surface area contributed by atoms with E-state index in [2.05, 4.69) is 42.4 Å². The summed E-state index contributed by atoms with van der Waals surface area (Å²) >= 11 is 13.8. The number of benzene rings is 2. The van der Waals surface area contributed by atoms with Gasteiger partial charge in [-0.2, -0.15) is 5.10 Å². The largest absolute Gasteiger partial charge is 0.506 e. The summed E-state index contributed by atoms with van der Waals surface area (Å²) in [4.78, 5) is 12.6. The van der Waals surface area contributed by atoms with Crippen LogP contribution < -0.4 is 5.43 Å². The highest BCUT2D eigenvalue weighted by Gasteiger charge is 2.17. The minimum atomic E-state index is -0.446. The zero-order valence-electron chi connectivity index (χ0n) is 12.3. The molecule has 0 radical (unpaired) electrons. The van der Waals surface area contributed by atoms with Gasteiger partial charge < -0.3 is 10.2 Å². The summed E-state index contributed by atoms with van der Waals surface area (Å²) in [5.41, 5.74) is 2.69. The van der Waals surface area contributed by atoms with E-state index in [1.165, 1.54) is 23.6 Å². The third-order valence-electron chi connectivity index (χ3n) is 3.31. The van der Waals surface area contributed by atoms with Crippen molar-refractivity contribution in [1.82, 2.24) is 5.43 Å². The molecule has 25 heavy (non-hydrogen) atoms. The molecule has 3 rings (SSSR count). The lowest BCUT2D eigenvalue weighted by atomic mass is 10.2. The van der Waals surface area contributed by atoms with E-state index in [4.69, 9.17) is 11.6 Å². The normalized spacial score (nSPS) is 11.3. The number of thiophene rings is 1. The molecule has 0 atom stereocenters. The lowest BCUT2D eigenvalue weighted by Gasteiger charge is -2.06. The Bertz CT molecular complexity index is 1020. The van der Waals surface area contributed by atoms with Gasteiger partial charge in [-0.25, -0.2) is 5.43 Å². The first-order chi connectivity index (χ1) is 11.9.